The Balaban J connectivity index is 1.53. The Morgan fingerprint density at radius 3 is 2.24 bits per heavy atom. The van der Waals surface area contributed by atoms with Crippen LogP contribution in [0.2, 0.25) is 0 Å². The van der Waals surface area contributed by atoms with Gasteiger partial charge in [0.2, 0.25) is 11.8 Å². The van der Waals surface area contributed by atoms with E-state index in [4.69, 9.17) is 4.74 Å². The Morgan fingerprint density at radius 2 is 1.64 bits per heavy atom. The summed E-state index contributed by atoms with van der Waals surface area (Å²) in [5, 5.41) is 2.84. The number of amides is 3. The summed E-state index contributed by atoms with van der Waals surface area (Å²) in [6.45, 7) is -0.319. The maximum absolute atomic E-state index is 12.0. The third kappa shape index (κ3) is 4.04. The molecule has 1 saturated heterocycles. The summed E-state index contributed by atoms with van der Waals surface area (Å²) >= 11 is 0. The number of anilines is 1. The van der Waals surface area contributed by atoms with Gasteiger partial charge in [-0.25, -0.2) is 4.79 Å². The van der Waals surface area contributed by atoms with E-state index in [9.17, 15) is 19.2 Å². The fourth-order valence-electron chi connectivity index (χ4n) is 3.17. The van der Waals surface area contributed by atoms with Crippen LogP contribution in [0.15, 0.2) is 24.3 Å². The molecule has 1 N–H and O–H groups in total. The molecule has 3 amide bonds. The molecule has 0 radical (unpaired) electrons. The molecule has 7 heteroatoms. The highest BCUT2D eigenvalue weighted by molar-refractivity contribution is 6.19. The van der Waals surface area contributed by atoms with Gasteiger partial charge in [-0.15, -0.1) is 0 Å². The zero-order valence-corrected chi connectivity index (χ0v) is 13.8. The van der Waals surface area contributed by atoms with Gasteiger partial charge in [0.15, 0.2) is 6.61 Å². The van der Waals surface area contributed by atoms with E-state index in [1.807, 2.05) is 0 Å². The van der Waals surface area contributed by atoms with Gasteiger partial charge in [-0.1, -0.05) is 12.8 Å². The standard InChI is InChI=1S/C18H20N2O5/c21-15(19-13-3-1-2-4-13)11-25-18(24)12-5-7-14(8-6-12)20-16(22)9-10-17(20)23/h5-8,13H,1-4,9-11H2,(H,19,21). The fraction of sp³-hybridized carbons (Fsp3) is 0.444. The van der Waals surface area contributed by atoms with Gasteiger partial charge in [0.05, 0.1) is 11.3 Å². The molecule has 0 unspecified atom stereocenters. The van der Waals surface area contributed by atoms with Gasteiger partial charge in [0.25, 0.3) is 5.91 Å². The van der Waals surface area contributed by atoms with Crippen LogP contribution in [0, 0.1) is 0 Å². The number of carbonyl (C=O) groups is 4. The number of nitrogens with zero attached hydrogens (tertiary/aromatic N) is 1. The number of ether oxygens (including phenoxy) is 1. The quantitative estimate of drug-likeness (QED) is 0.646. The van der Waals surface area contributed by atoms with E-state index >= 15 is 0 Å². The molecule has 7 nitrogen and oxygen atoms in total. The number of hydrogen-bond acceptors (Lipinski definition) is 5. The number of imide groups is 1. The van der Waals surface area contributed by atoms with Crippen LogP contribution in [0.25, 0.3) is 0 Å². The highest BCUT2D eigenvalue weighted by Gasteiger charge is 2.30. The number of esters is 1. The van der Waals surface area contributed by atoms with E-state index in [0.717, 1.165) is 30.6 Å². The van der Waals surface area contributed by atoms with Crippen molar-refractivity contribution in [1.82, 2.24) is 5.32 Å². The minimum absolute atomic E-state index is 0.182. The van der Waals surface area contributed by atoms with Crippen molar-refractivity contribution in [2.75, 3.05) is 11.5 Å². The van der Waals surface area contributed by atoms with E-state index in [-0.39, 0.29) is 48.8 Å². The molecule has 2 aliphatic rings. The lowest BCUT2D eigenvalue weighted by Crippen LogP contribution is -2.35. The van der Waals surface area contributed by atoms with Crippen molar-refractivity contribution in [2.45, 2.75) is 44.6 Å². The summed E-state index contributed by atoms with van der Waals surface area (Å²) in [5.41, 5.74) is 0.694. The fourth-order valence-corrected chi connectivity index (χ4v) is 3.17. The summed E-state index contributed by atoms with van der Waals surface area (Å²) in [4.78, 5) is 48.3. The van der Waals surface area contributed by atoms with Crippen LogP contribution in [0.4, 0.5) is 5.69 Å². The first kappa shape index (κ1) is 17.1. The van der Waals surface area contributed by atoms with Crippen molar-refractivity contribution < 1.29 is 23.9 Å². The molecular formula is C18H20N2O5. The van der Waals surface area contributed by atoms with Gasteiger partial charge in [-0.2, -0.15) is 0 Å². The molecule has 1 aliphatic carbocycles. The predicted molar refractivity (Wildman–Crippen MR) is 88.9 cm³/mol. The van der Waals surface area contributed by atoms with Gasteiger partial charge in [-0.3, -0.25) is 19.3 Å². The largest absolute Gasteiger partial charge is 0.452 e. The minimum atomic E-state index is -0.618. The van der Waals surface area contributed by atoms with Crippen LogP contribution in [0.5, 0.6) is 0 Å². The maximum atomic E-state index is 12.0. The maximum Gasteiger partial charge on any atom is 0.338 e. The topological polar surface area (TPSA) is 92.8 Å². The molecule has 1 saturated carbocycles. The Hall–Kier alpha value is -2.70. The minimum Gasteiger partial charge on any atom is -0.452 e. The van der Waals surface area contributed by atoms with E-state index in [0.29, 0.717) is 5.69 Å². The summed E-state index contributed by atoms with van der Waals surface area (Å²) in [6.07, 6.45) is 4.57. The summed E-state index contributed by atoms with van der Waals surface area (Å²) < 4.78 is 5.01. The van der Waals surface area contributed by atoms with Crippen molar-refractivity contribution >= 4 is 29.4 Å². The molecule has 1 aromatic carbocycles. The first-order chi connectivity index (χ1) is 12.0. The third-order valence-corrected chi connectivity index (χ3v) is 4.47. The summed E-state index contributed by atoms with van der Waals surface area (Å²) in [5.74, 6) is -1.41. The Kier molecular flexibility index (Phi) is 5.11. The SMILES string of the molecule is O=C(COC(=O)c1ccc(N2C(=O)CCC2=O)cc1)NC1CCCC1. The van der Waals surface area contributed by atoms with Crippen molar-refractivity contribution in [3.63, 3.8) is 0 Å². The van der Waals surface area contributed by atoms with Crippen LogP contribution in [0.1, 0.15) is 48.9 Å². The highest BCUT2D eigenvalue weighted by atomic mass is 16.5. The first-order valence-corrected chi connectivity index (χ1v) is 8.47. The van der Waals surface area contributed by atoms with Crippen molar-refractivity contribution in [3.8, 4) is 0 Å². The zero-order valence-electron chi connectivity index (χ0n) is 13.8. The van der Waals surface area contributed by atoms with Crippen molar-refractivity contribution in [3.05, 3.63) is 29.8 Å². The molecule has 0 aromatic heterocycles. The lowest BCUT2D eigenvalue weighted by Gasteiger charge is -2.14. The first-order valence-electron chi connectivity index (χ1n) is 8.47. The van der Waals surface area contributed by atoms with E-state index in [1.54, 1.807) is 0 Å². The molecule has 0 atom stereocenters. The van der Waals surface area contributed by atoms with Crippen LogP contribution in [-0.2, 0) is 19.1 Å². The number of rotatable bonds is 5. The van der Waals surface area contributed by atoms with Crippen molar-refractivity contribution in [2.24, 2.45) is 0 Å². The number of hydrogen-bond donors (Lipinski definition) is 1. The number of benzene rings is 1. The zero-order chi connectivity index (χ0) is 17.8. The van der Waals surface area contributed by atoms with Gasteiger partial charge >= 0.3 is 5.97 Å². The monoisotopic (exact) mass is 344 g/mol. The normalized spacial score (nSPS) is 17.8. The van der Waals surface area contributed by atoms with Crippen molar-refractivity contribution in [1.29, 1.82) is 0 Å². The molecule has 25 heavy (non-hydrogen) atoms. The van der Waals surface area contributed by atoms with Gasteiger partial charge in [0, 0.05) is 18.9 Å². The molecule has 0 spiro atoms. The van der Waals surface area contributed by atoms with Gasteiger partial charge in [0.1, 0.15) is 0 Å². The lowest BCUT2D eigenvalue weighted by molar-refractivity contribution is -0.125. The van der Waals surface area contributed by atoms with E-state index in [2.05, 4.69) is 5.32 Å². The average molecular weight is 344 g/mol. The number of carbonyl (C=O) groups excluding carboxylic acids is 4. The second-order valence-corrected chi connectivity index (χ2v) is 6.29. The predicted octanol–water partition coefficient (Wildman–Crippen LogP) is 1.56. The molecule has 1 aliphatic heterocycles. The van der Waals surface area contributed by atoms with Gasteiger partial charge in [-0.05, 0) is 37.1 Å². The Bertz CT molecular complexity index is 676. The molecule has 1 aromatic rings. The second-order valence-electron chi connectivity index (χ2n) is 6.29. The Morgan fingerprint density at radius 1 is 1.04 bits per heavy atom. The molecular weight excluding hydrogens is 324 g/mol. The second kappa shape index (κ2) is 7.46. The molecule has 2 fully saturated rings. The number of nitrogens with one attached hydrogen (secondary N) is 1. The third-order valence-electron chi connectivity index (χ3n) is 4.47. The molecule has 1 heterocycles. The summed E-state index contributed by atoms with van der Waals surface area (Å²) in [7, 11) is 0. The average Bonchev–Trinajstić information content (AvgIpc) is 3.23. The van der Waals surface area contributed by atoms with Crippen LogP contribution < -0.4 is 10.2 Å². The molecule has 132 valence electrons. The van der Waals surface area contributed by atoms with Crippen LogP contribution in [-0.4, -0.2) is 36.3 Å². The summed E-state index contributed by atoms with van der Waals surface area (Å²) in [6, 6.07) is 6.18. The van der Waals surface area contributed by atoms with Gasteiger partial charge < -0.3 is 10.1 Å². The smallest absolute Gasteiger partial charge is 0.338 e. The lowest BCUT2D eigenvalue weighted by atomic mass is 10.2. The van der Waals surface area contributed by atoms with E-state index < -0.39 is 5.97 Å². The Labute approximate surface area is 145 Å². The van der Waals surface area contributed by atoms with Crippen LogP contribution in [0.3, 0.4) is 0 Å². The highest BCUT2D eigenvalue weighted by Crippen LogP contribution is 2.23. The van der Waals surface area contributed by atoms with Crippen LogP contribution >= 0.6 is 0 Å². The van der Waals surface area contributed by atoms with E-state index in [1.165, 1.54) is 24.3 Å². The molecule has 0 bridgehead atoms. The molecule has 3 rings (SSSR count).